The van der Waals surface area contributed by atoms with Crippen LogP contribution in [0.15, 0.2) is 120 Å². The average molecular weight is 1360 g/mol. The van der Waals surface area contributed by atoms with Gasteiger partial charge in [0.15, 0.2) is 48.2 Å². The van der Waals surface area contributed by atoms with Crippen LogP contribution in [0.5, 0.6) is 17.2 Å². The fourth-order valence-electron chi connectivity index (χ4n) is 11.5. The smallest absolute Gasteiger partial charge is 0.303 e. The Labute approximate surface area is 556 Å². The zero-order valence-corrected chi connectivity index (χ0v) is 56.2. The number of anilines is 1. The quantitative estimate of drug-likeness (QED) is 0.0124. The molecule has 6 aromatic rings. The number of H-pyrrole nitrogens is 1. The van der Waals surface area contributed by atoms with E-state index in [4.69, 9.17) is 71.8 Å². The minimum atomic E-state index is -2.10. The molecule has 4 heterocycles. The van der Waals surface area contributed by atoms with Gasteiger partial charge in [-0.05, 0) is 80.8 Å². The number of fused-ring (bicyclic) bond motifs is 1. The zero-order valence-electron chi connectivity index (χ0n) is 55.3. The number of aromatic nitrogens is 4. The Hall–Kier alpha value is -8.02. The van der Waals surface area contributed by atoms with Crippen molar-refractivity contribution in [3.05, 3.63) is 143 Å². The third-order valence-electron chi connectivity index (χ3n) is 15.5. The van der Waals surface area contributed by atoms with E-state index in [0.29, 0.717) is 33.9 Å². The topological polar surface area (TPSA) is 319 Å². The third kappa shape index (κ3) is 19.0. The van der Waals surface area contributed by atoms with E-state index in [2.05, 4.69) is 24.9 Å². The van der Waals surface area contributed by atoms with Crippen LogP contribution in [0.3, 0.4) is 0 Å². The minimum absolute atomic E-state index is 0.0256. The molecule has 0 radical (unpaired) electrons. The summed E-state index contributed by atoms with van der Waals surface area (Å²) in [4.78, 5) is 88.6. The molecule has 2 aromatic heterocycles. The summed E-state index contributed by atoms with van der Waals surface area (Å²) in [6, 6.07) is 31.0. The number of nitrogens with one attached hydrogen (secondary N) is 2. The lowest BCUT2D eigenvalue weighted by atomic mass is 9.79. The van der Waals surface area contributed by atoms with Gasteiger partial charge in [-0.25, -0.2) is 9.37 Å². The molecule has 2 aliphatic heterocycles. The molecule has 96 heavy (non-hydrogen) atoms. The van der Waals surface area contributed by atoms with Gasteiger partial charge in [-0.2, -0.15) is 4.98 Å². The number of amides is 1. The largest absolute Gasteiger partial charge is 0.497 e. The van der Waals surface area contributed by atoms with E-state index in [9.17, 15) is 24.0 Å². The molecular formula is C67H85FN7O20P. The van der Waals surface area contributed by atoms with Gasteiger partial charge in [0, 0.05) is 45.9 Å². The molecule has 0 aliphatic carbocycles. The first-order valence-electron chi connectivity index (χ1n) is 31.4. The number of hydrogen-bond donors (Lipinski definition) is 3. The normalized spacial score (nSPS) is 21.0. The van der Waals surface area contributed by atoms with Gasteiger partial charge < -0.3 is 77.2 Å². The van der Waals surface area contributed by atoms with Crippen molar-refractivity contribution in [2.24, 2.45) is 0 Å². The van der Waals surface area contributed by atoms with Crippen LogP contribution in [0.1, 0.15) is 78.3 Å². The molecule has 4 N–H and O–H groups in total. The van der Waals surface area contributed by atoms with Gasteiger partial charge in [-0.3, -0.25) is 43.0 Å². The van der Waals surface area contributed by atoms with E-state index in [-0.39, 0.29) is 88.2 Å². The average Bonchev–Trinajstić information content (AvgIpc) is 1.14. The van der Waals surface area contributed by atoms with Crippen LogP contribution in [0.25, 0.3) is 11.2 Å². The molecule has 0 spiro atoms. The monoisotopic (exact) mass is 1360 g/mol. The number of ether oxygens (including phenoxy) is 13. The molecule has 2 fully saturated rings. The molecule has 0 saturated carbocycles. The molecule has 8 rings (SSSR count). The number of alkyl halides is 1. The van der Waals surface area contributed by atoms with Crippen LogP contribution in [-0.2, 0) is 81.5 Å². The number of nitrogens with two attached hydrogens (primary N) is 1. The number of nitrogens with zero attached hydrogens (tertiary/aromatic N) is 4. The van der Waals surface area contributed by atoms with Gasteiger partial charge in [-0.1, -0.05) is 72.8 Å². The summed E-state index contributed by atoms with van der Waals surface area (Å²) in [6.07, 6.45) is -12.1. The number of nitrogen functional groups attached to an aromatic ring is 1. The number of carbonyl (C=O) groups excluding carboxylic acids is 5. The van der Waals surface area contributed by atoms with Crippen molar-refractivity contribution in [3.63, 3.8) is 0 Å². The lowest BCUT2D eigenvalue weighted by Crippen LogP contribution is -2.66. The molecule has 520 valence electrons. The molecule has 0 bridgehead atoms. The summed E-state index contributed by atoms with van der Waals surface area (Å²) in [5, 5.41) is 2.65. The number of carbonyl (C=O) groups is 5. The molecule has 1 amide bonds. The van der Waals surface area contributed by atoms with Crippen LogP contribution in [0, 0.1) is 0 Å². The van der Waals surface area contributed by atoms with Crippen molar-refractivity contribution in [2.45, 2.75) is 134 Å². The Morgan fingerprint density at radius 1 is 0.708 bits per heavy atom. The van der Waals surface area contributed by atoms with E-state index in [1.807, 2.05) is 88.4 Å². The number of aromatic amines is 1. The number of halogens is 1. The van der Waals surface area contributed by atoms with Gasteiger partial charge in [0.1, 0.15) is 68.7 Å². The highest BCUT2D eigenvalue weighted by molar-refractivity contribution is 7.50. The Morgan fingerprint density at radius 3 is 1.81 bits per heavy atom. The predicted octanol–water partition coefficient (Wildman–Crippen LogP) is 6.52. The van der Waals surface area contributed by atoms with Crippen LogP contribution >= 0.6 is 8.30 Å². The van der Waals surface area contributed by atoms with Gasteiger partial charge in [-0.15, -0.1) is 0 Å². The molecule has 29 heteroatoms. The van der Waals surface area contributed by atoms with E-state index in [0.717, 1.165) is 13.8 Å². The van der Waals surface area contributed by atoms with Crippen LogP contribution in [0.2, 0.25) is 0 Å². The number of para-hydroxylation sites is 1. The van der Waals surface area contributed by atoms with Gasteiger partial charge in [0.2, 0.25) is 17.6 Å². The highest BCUT2D eigenvalue weighted by Gasteiger charge is 2.57. The Bertz CT molecular complexity index is 3480. The summed E-state index contributed by atoms with van der Waals surface area (Å²) in [5.74, 6) is -2.05. The molecular weight excluding hydrogens is 1270 g/mol. The molecule has 2 unspecified atom stereocenters. The maximum Gasteiger partial charge on any atom is 0.303 e. The molecule has 2 saturated heterocycles. The van der Waals surface area contributed by atoms with Crippen LogP contribution in [-0.4, -0.2) is 201 Å². The number of benzene rings is 4. The maximum atomic E-state index is 18.6. The zero-order chi connectivity index (χ0) is 69.1. The summed E-state index contributed by atoms with van der Waals surface area (Å²) >= 11 is 0. The standard InChI is InChI=1S/C67H85FN7O20P/c1-40(2)75(41(3)4)96(36-35-86-32-31-84-29-30-85-33-34-87-65-55(71-42(5)76)60(91-45(8)79)58(90-44(7)78)53(92-65)38-88-43(6)77)95-59-54(68)64(74-39-70-56-62(74)72-66(69)73-63(56)81)93-61(59)57(52(80)37-89-51-19-15-12-16-20-51)94-67(46-17-13-11-14-18-46,47-21-25-49(82-9)26-22-47)48-23-27-50(83-10)28-24-48/h11-28,39-41,53-55,57-61,64-65H,29-38H2,1-10H3,(H,71,76)(H3,69,72,73,81)/t53-,54-,55-,57?,58+,59+,60-,61-,64-,65-,96?/m1/s1. The van der Waals surface area contributed by atoms with Crippen LogP contribution < -0.4 is 30.8 Å². The number of esters is 3. The summed E-state index contributed by atoms with van der Waals surface area (Å²) in [5.41, 5.74) is 5.26. The predicted molar refractivity (Wildman–Crippen MR) is 347 cm³/mol. The van der Waals surface area contributed by atoms with E-state index < -0.39 is 117 Å². The van der Waals surface area contributed by atoms with Crippen LogP contribution in [0.4, 0.5) is 10.3 Å². The number of Topliss-reactive ketones (excluding diaryl/α,β-unsaturated/α-hetero) is 1. The van der Waals surface area contributed by atoms with E-state index in [1.54, 1.807) is 62.8 Å². The van der Waals surface area contributed by atoms with Crippen molar-refractivity contribution in [3.8, 4) is 17.2 Å². The van der Waals surface area contributed by atoms with Crippen molar-refractivity contribution in [1.29, 1.82) is 0 Å². The fraction of sp³-hybridized carbons (Fsp3) is 0.493. The maximum absolute atomic E-state index is 18.6. The first kappa shape index (κ1) is 73.8. The third-order valence-corrected chi connectivity index (χ3v) is 18.0. The second-order valence-corrected chi connectivity index (χ2v) is 24.8. The molecule has 27 nitrogen and oxygen atoms in total. The number of hydrogen-bond acceptors (Lipinski definition) is 24. The van der Waals surface area contributed by atoms with Crippen molar-refractivity contribution >= 4 is 55.0 Å². The first-order chi connectivity index (χ1) is 46.1. The SMILES string of the molecule is COc1ccc(C(OC(C(=O)COc2ccccc2)[C@H]2O[C@@H](n3cnc4c(=O)[nH]c(N)nc43)[C@H](F)[C@@H]2OP(CCOCCOCCOCCO[C@@H]2O[C@H](COC(C)=O)[C@H](OC(C)=O)[C@H](OC(C)=O)[C@H]2NC(C)=O)N(C(C)C)C(C)C)(c2ccccc2)c2ccc(OC)cc2)cc1. The van der Waals surface area contributed by atoms with Gasteiger partial charge in [0.05, 0.1) is 66.8 Å². The fourth-order valence-corrected chi connectivity index (χ4v) is 13.7. The van der Waals surface area contributed by atoms with E-state index in [1.165, 1.54) is 24.7 Å². The summed E-state index contributed by atoms with van der Waals surface area (Å²) in [6.45, 7) is 12.4. The highest BCUT2D eigenvalue weighted by Crippen LogP contribution is 2.52. The summed E-state index contributed by atoms with van der Waals surface area (Å²) in [7, 11) is 1.27. The first-order valence-corrected chi connectivity index (χ1v) is 32.8. The van der Waals surface area contributed by atoms with Gasteiger partial charge in [0.25, 0.3) is 5.56 Å². The molecule has 2 aliphatic rings. The van der Waals surface area contributed by atoms with Crippen molar-refractivity contribution in [2.75, 3.05) is 85.6 Å². The van der Waals surface area contributed by atoms with Crippen molar-refractivity contribution in [1.82, 2.24) is 29.5 Å². The van der Waals surface area contributed by atoms with Gasteiger partial charge >= 0.3 is 17.9 Å². The lowest BCUT2D eigenvalue weighted by molar-refractivity contribution is -0.279. The number of methoxy groups -OCH3 is 2. The number of rotatable bonds is 36. The minimum Gasteiger partial charge on any atom is -0.497 e. The second-order valence-electron chi connectivity index (χ2n) is 23.0. The Morgan fingerprint density at radius 2 is 1.26 bits per heavy atom. The Balaban J connectivity index is 1.03. The molecule has 11 atom stereocenters. The molecule has 4 aromatic carbocycles. The lowest BCUT2D eigenvalue weighted by Gasteiger charge is -2.44. The summed E-state index contributed by atoms with van der Waals surface area (Å²) < 4.78 is 107. The number of imidazole rings is 1. The number of ketones is 1. The Kier molecular flexibility index (Phi) is 27.1. The van der Waals surface area contributed by atoms with Crippen molar-refractivity contribution < 1.29 is 94.5 Å². The second kappa shape index (κ2) is 35.3. The highest BCUT2D eigenvalue weighted by atomic mass is 31.2. The van der Waals surface area contributed by atoms with E-state index >= 15 is 9.18 Å².